The number of carbonyl (C=O) groups is 2. The van der Waals surface area contributed by atoms with Gasteiger partial charge < -0.3 is 15.7 Å². The zero-order chi connectivity index (χ0) is 19.4. The highest BCUT2D eigenvalue weighted by molar-refractivity contribution is 5.96. The van der Waals surface area contributed by atoms with Crippen molar-refractivity contribution in [3.05, 3.63) is 47.3 Å². The molecule has 1 fully saturated rings. The quantitative estimate of drug-likeness (QED) is 0.755. The molecule has 1 aliphatic carbocycles. The fourth-order valence-corrected chi connectivity index (χ4v) is 3.46. The van der Waals surface area contributed by atoms with Crippen LogP contribution in [0.25, 0.3) is 0 Å². The Bertz CT molecular complexity index is 835. The van der Waals surface area contributed by atoms with Crippen LogP contribution in [0.2, 0.25) is 0 Å². The van der Waals surface area contributed by atoms with Gasteiger partial charge in [-0.1, -0.05) is 0 Å². The van der Waals surface area contributed by atoms with Gasteiger partial charge in [0.25, 0.3) is 11.8 Å². The molecule has 27 heavy (non-hydrogen) atoms. The van der Waals surface area contributed by atoms with Crippen LogP contribution < -0.4 is 10.6 Å². The number of nitrogens with one attached hydrogen (secondary N) is 2. The second-order valence-electron chi connectivity index (χ2n) is 6.80. The number of aromatic hydroxyl groups is 1. The number of amides is 2. The Kier molecular flexibility index (Phi) is 5.63. The summed E-state index contributed by atoms with van der Waals surface area (Å²) in [6, 6.07) is 2.86. The second-order valence-corrected chi connectivity index (χ2v) is 6.80. The van der Waals surface area contributed by atoms with Crippen molar-refractivity contribution in [3.63, 3.8) is 0 Å². The van der Waals surface area contributed by atoms with E-state index in [1.807, 2.05) is 0 Å². The van der Waals surface area contributed by atoms with Crippen molar-refractivity contribution >= 4 is 11.8 Å². The van der Waals surface area contributed by atoms with Crippen LogP contribution in [0.3, 0.4) is 0 Å². The van der Waals surface area contributed by atoms with Crippen LogP contribution in [0.4, 0.5) is 0 Å². The van der Waals surface area contributed by atoms with Crippen molar-refractivity contribution in [2.75, 3.05) is 0 Å². The first-order valence-electron chi connectivity index (χ1n) is 8.99. The van der Waals surface area contributed by atoms with E-state index in [1.165, 1.54) is 18.6 Å². The molecule has 2 aromatic heterocycles. The van der Waals surface area contributed by atoms with Crippen molar-refractivity contribution in [2.24, 2.45) is 0 Å². The Morgan fingerprint density at radius 3 is 2.30 bits per heavy atom. The van der Waals surface area contributed by atoms with E-state index in [4.69, 9.17) is 0 Å². The third kappa shape index (κ3) is 4.39. The van der Waals surface area contributed by atoms with Crippen molar-refractivity contribution in [3.8, 4) is 5.75 Å². The number of carbonyl (C=O) groups excluding carboxylic acids is 2. The van der Waals surface area contributed by atoms with Crippen LogP contribution in [0, 0.1) is 13.8 Å². The molecule has 8 nitrogen and oxygen atoms in total. The van der Waals surface area contributed by atoms with Gasteiger partial charge in [-0.05, 0) is 51.7 Å². The summed E-state index contributed by atoms with van der Waals surface area (Å²) in [6.07, 6.45) is 6.08. The van der Waals surface area contributed by atoms with Crippen molar-refractivity contribution < 1.29 is 14.7 Å². The lowest BCUT2D eigenvalue weighted by Gasteiger charge is -2.30. The standard InChI is InChI=1S/C19H23N5O3/c1-11-16(12(2)22-10-21-11)18(26)23-13-5-3-6-14(9-13)24-19(27)17-15(25)7-4-8-20-17/h4,7-8,10,13-14,25H,3,5-6,9H2,1-2H3,(H,23,26)(H,24,27)/t13-,14-/m1/s1. The van der Waals surface area contributed by atoms with E-state index in [0.29, 0.717) is 23.4 Å². The zero-order valence-corrected chi connectivity index (χ0v) is 15.4. The molecule has 2 amide bonds. The van der Waals surface area contributed by atoms with Gasteiger partial charge in [-0.15, -0.1) is 0 Å². The topological polar surface area (TPSA) is 117 Å². The first-order valence-corrected chi connectivity index (χ1v) is 8.99. The largest absolute Gasteiger partial charge is 0.505 e. The summed E-state index contributed by atoms with van der Waals surface area (Å²) in [4.78, 5) is 37.1. The molecular weight excluding hydrogens is 346 g/mol. The summed E-state index contributed by atoms with van der Waals surface area (Å²) in [5.74, 6) is -0.746. The molecule has 0 saturated heterocycles. The first kappa shape index (κ1) is 18.8. The Balaban J connectivity index is 1.62. The van der Waals surface area contributed by atoms with Gasteiger partial charge in [0.05, 0.1) is 17.0 Å². The molecule has 2 aromatic rings. The van der Waals surface area contributed by atoms with E-state index < -0.39 is 5.91 Å². The van der Waals surface area contributed by atoms with Gasteiger partial charge >= 0.3 is 0 Å². The Hall–Kier alpha value is -3.03. The smallest absolute Gasteiger partial charge is 0.273 e. The van der Waals surface area contributed by atoms with Crippen LogP contribution in [-0.4, -0.2) is 44.0 Å². The Morgan fingerprint density at radius 2 is 1.67 bits per heavy atom. The maximum absolute atomic E-state index is 12.6. The summed E-state index contributed by atoms with van der Waals surface area (Å²) in [5.41, 5.74) is 1.80. The van der Waals surface area contributed by atoms with Crippen LogP contribution in [-0.2, 0) is 0 Å². The minimum atomic E-state index is -0.409. The number of aromatic nitrogens is 3. The van der Waals surface area contributed by atoms with Gasteiger partial charge in [0.15, 0.2) is 5.69 Å². The summed E-state index contributed by atoms with van der Waals surface area (Å²) in [6.45, 7) is 3.57. The minimum Gasteiger partial charge on any atom is -0.505 e. The number of hydrogen-bond donors (Lipinski definition) is 3. The molecule has 0 unspecified atom stereocenters. The van der Waals surface area contributed by atoms with Gasteiger partial charge in [0.2, 0.25) is 0 Å². The number of nitrogens with zero attached hydrogens (tertiary/aromatic N) is 3. The fourth-order valence-electron chi connectivity index (χ4n) is 3.46. The van der Waals surface area contributed by atoms with Gasteiger partial charge in [0.1, 0.15) is 12.1 Å². The van der Waals surface area contributed by atoms with Crippen LogP contribution in [0.5, 0.6) is 5.75 Å². The summed E-state index contributed by atoms with van der Waals surface area (Å²) in [7, 11) is 0. The highest BCUT2D eigenvalue weighted by Crippen LogP contribution is 2.21. The Labute approximate surface area is 157 Å². The predicted octanol–water partition coefficient (Wildman–Crippen LogP) is 1.67. The van der Waals surface area contributed by atoms with E-state index in [-0.39, 0.29) is 29.4 Å². The molecule has 0 aliphatic heterocycles. The van der Waals surface area contributed by atoms with Crippen LogP contribution >= 0.6 is 0 Å². The molecule has 1 saturated carbocycles. The molecule has 2 atom stereocenters. The maximum atomic E-state index is 12.6. The summed E-state index contributed by atoms with van der Waals surface area (Å²) < 4.78 is 0. The molecule has 2 heterocycles. The van der Waals surface area contributed by atoms with Crippen molar-refractivity contribution in [1.29, 1.82) is 0 Å². The fraction of sp³-hybridized carbons (Fsp3) is 0.421. The molecule has 3 rings (SSSR count). The first-order chi connectivity index (χ1) is 13.0. The van der Waals surface area contributed by atoms with Gasteiger partial charge in [-0.25, -0.2) is 15.0 Å². The number of rotatable bonds is 4. The molecule has 1 aliphatic rings. The summed E-state index contributed by atoms with van der Waals surface area (Å²) >= 11 is 0. The van der Waals surface area contributed by atoms with Crippen LogP contribution in [0.1, 0.15) is 57.9 Å². The SMILES string of the molecule is Cc1ncnc(C)c1C(=O)N[C@@H]1CCC[C@@H](NC(=O)c2ncccc2O)C1. The normalized spacial score (nSPS) is 19.3. The Morgan fingerprint density at radius 1 is 1.04 bits per heavy atom. The third-order valence-corrected chi connectivity index (χ3v) is 4.80. The number of aryl methyl sites for hydroxylation is 2. The lowest BCUT2D eigenvalue weighted by molar-refractivity contribution is 0.0898. The minimum absolute atomic E-state index is 0.0105. The lowest BCUT2D eigenvalue weighted by atomic mass is 9.90. The number of hydrogen-bond acceptors (Lipinski definition) is 6. The molecule has 0 spiro atoms. The molecule has 8 heteroatoms. The molecule has 0 bridgehead atoms. The highest BCUT2D eigenvalue weighted by Gasteiger charge is 2.27. The molecule has 0 radical (unpaired) electrons. The van der Waals surface area contributed by atoms with E-state index in [0.717, 1.165) is 19.3 Å². The molecule has 142 valence electrons. The molecular formula is C19H23N5O3. The molecule has 0 aromatic carbocycles. The summed E-state index contributed by atoms with van der Waals surface area (Å²) in [5, 5.41) is 15.7. The average molecular weight is 369 g/mol. The number of pyridine rings is 1. The van der Waals surface area contributed by atoms with Crippen molar-refractivity contribution in [2.45, 2.75) is 51.6 Å². The maximum Gasteiger partial charge on any atom is 0.273 e. The van der Waals surface area contributed by atoms with Crippen molar-refractivity contribution in [1.82, 2.24) is 25.6 Å². The average Bonchev–Trinajstić information content (AvgIpc) is 2.62. The zero-order valence-electron chi connectivity index (χ0n) is 15.4. The lowest BCUT2D eigenvalue weighted by Crippen LogP contribution is -2.46. The molecule has 3 N–H and O–H groups in total. The second kappa shape index (κ2) is 8.11. The van der Waals surface area contributed by atoms with Crippen LogP contribution in [0.15, 0.2) is 24.7 Å². The van der Waals surface area contributed by atoms with E-state index in [9.17, 15) is 14.7 Å². The van der Waals surface area contributed by atoms with E-state index >= 15 is 0 Å². The predicted molar refractivity (Wildman–Crippen MR) is 98.4 cm³/mol. The van der Waals surface area contributed by atoms with E-state index in [2.05, 4.69) is 25.6 Å². The monoisotopic (exact) mass is 369 g/mol. The van der Waals surface area contributed by atoms with Gasteiger partial charge in [0, 0.05) is 18.3 Å². The van der Waals surface area contributed by atoms with E-state index in [1.54, 1.807) is 19.9 Å². The third-order valence-electron chi connectivity index (χ3n) is 4.80. The highest BCUT2D eigenvalue weighted by atomic mass is 16.3. The van der Waals surface area contributed by atoms with Gasteiger partial charge in [-0.3, -0.25) is 9.59 Å². The van der Waals surface area contributed by atoms with Gasteiger partial charge in [-0.2, -0.15) is 0 Å².